The van der Waals surface area contributed by atoms with Crippen LogP contribution < -0.4 is 5.32 Å². The second-order valence-electron chi connectivity index (χ2n) is 6.25. The lowest BCUT2D eigenvalue weighted by Gasteiger charge is -2.28. The number of nitrogens with zero attached hydrogens (tertiary/aromatic N) is 3. The Labute approximate surface area is 154 Å². The summed E-state index contributed by atoms with van der Waals surface area (Å²) in [5, 5.41) is 12.6. The monoisotopic (exact) mass is 374 g/mol. The first kappa shape index (κ1) is 18.9. The van der Waals surface area contributed by atoms with E-state index in [2.05, 4.69) is 10.3 Å². The standard InChI is InChI=1S/C19H17F3N4O/c1-12-16(18(27)26-8-6-24-7-9-26)10-14(11-23)17(25-12)13-2-4-15(5-3-13)19(20,21)22/h2-5,10,24H,6-9H2,1H3. The zero-order valence-electron chi connectivity index (χ0n) is 14.6. The van der Waals surface area contributed by atoms with Crippen molar-refractivity contribution in [1.29, 1.82) is 5.26 Å². The topological polar surface area (TPSA) is 69.0 Å². The van der Waals surface area contributed by atoms with Crippen LogP contribution in [0.5, 0.6) is 0 Å². The Morgan fingerprint density at radius 1 is 1.22 bits per heavy atom. The molecular formula is C19H17F3N4O. The van der Waals surface area contributed by atoms with Gasteiger partial charge in [-0.25, -0.2) is 0 Å². The summed E-state index contributed by atoms with van der Waals surface area (Å²) >= 11 is 0. The van der Waals surface area contributed by atoms with E-state index in [1.54, 1.807) is 11.8 Å². The molecule has 0 unspecified atom stereocenters. The minimum Gasteiger partial charge on any atom is -0.336 e. The number of rotatable bonds is 2. The van der Waals surface area contributed by atoms with Crippen molar-refractivity contribution in [2.45, 2.75) is 13.1 Å². The third-order valence-corrected chi connectivity index (χ3v) is 4.45. The number of amides is 1. The molecule has 1 aromatic carbocycles. The molecule has 1 saturated heterocycles. The SMILES string of the molecule is Cc1nc(-c2ccc(C(F)(F)F)cc2)c(C#N)cc1C(=O)N1CCNCC1. The van der Waals surface area contributed by atoms with E-state index in [0.29, 0.717) is 43.0 Å². The molecule has 2 aromatic rings. The number of pyridine rings is 1. The summed E-state index contributed by atoms with van der Waals surface area (Å²) in [6.07, 6.45) is -4.43. The molecule has 0 aliphatic carbocycles. The van der Waals surface area contributed by atoms with Gasteiger partial charge in [-0.1, -0.05) is 12.1 Å². The van der Waals surface area contributed by atoms with Crippen molar-refractivity contribution in [3.8, 4) is 17.3 Å². The van der Waals surface area contributed by atoms with Crippen LogP contribution in [-0.4, -0.2) is 42.0 Å². The first-order valence-electron chi connectivity index (χ1n) is 8.40. The molecule has 0 bridgehead atoms. The van der Waals surface area contributed by atoms with Crippen molar-refractivity contribution in [3.63, 3.8) is 0 Å². The van der Waals surface area contributed by atoms with Crippen LogP contribution in [-0.2, 0) is 6.18 Å². The third kappa shape index (κ3) is 3.93. The third-order valence-electron chi connectivity index (χ3n) is 4.45. The van der Waals surface area contributed by atoms with Gasteiger partial charge in [0, 0.05) is 31.7 Å². The van der Waals surface area contributed by atoms with Gasteiger partial charge in [-0.05, 0) is 25.1 Å². The number of nitriles is 1. The summed E-state index contributed by atoms with van der Waals surface area (Å²) in [6.45, 7) is 4.20. The zero-order valence-corrected chi connectivity index (χ0v) is 14.6. The predicted octanol–water partition coefficient (Wildman–Crippen LogP) is 2.99. The Morgan fingerprint density at radius 2 is 1.85 bits per heavy atom. The molecule has 5 nitrogen and oxygen atoms in total. The van der Waals surface area contributed by atoms with E-state index < -0.39 is 11.7 Å². The number of aryl methyl sites for hydroxylation is 1. The van der Waals surface area contributed by atoms with Crippen molar-refractivity contribution in [1.82, 2.24) is 15.2 Å². The van der Waals surface area contributed by atoms with Gasteiger partial charge in [0.25, 0.3) is 5.91 Å². The van der Waals surface area contributed by atoms with Crippen LogP contribution in [0.4, 0.5) is 13.2 Å². The number of alkyl halides is 3. The van der Waals surface area contributed by atoms with Crippen molar-refractivity contribution < 1.29 is 18.0 Å². The number of piperazine rings is 1. The van der Waals surface area contributed by atoms with Gasteiger partial charge in [0.2, 0.25) is 0 Å². The molecule has 2 heterocycles. The molecule has 140 valence electrons. The fraction of sp³-hybridized carbons (Fsp3) is 0.316. The molecule has 3 rings (SSSR count). The molecular weight excluding hydrogens is 357 g/mol. The molecule has 0 radical (unpaired) electrons. The van der Waals surface area contributed by atoms with E-state index in [4.69, 9.17) is 0 Å². The van der Waals surface area contributed by atoms with Gasteiger partial charge in [0.05, 0.1) is 28.1 Å². The van der Waals surface area contributed by atoms with Crippen LogP contribution in [0, 0.1) is 18.3 Å². The van der Waals surface area contributed by atoms with Gasteiger partial charge in [-0.2, -0.15) is 18.4 Å². The molecule has 0 saturated carbocycles. The number of halogens is 3. The molecule has 1 aliphatic heterocycles. The molecule has 8 heteroatoms. The van der Waals surface area contributed by atoms with Crippen molar-refractivity contribution in [3.05, 3.63) is 52.7 Å². The Balaban J connectivity index is 1.97. The van der Waals surface area contributed by atoms with Gasteiger partial charge in [-0.3, -0.25) is 9.78 Å². The minimum atomic E-state index is -4.43. The zero-order chi connectivity index (χ0) is 19.6. The number of hydrogen-bond acceptors (Lipinski definition) is 4. The van der Waals surface area contributed by atoms with Gasteiger partial charge in [0.15, 0.2) is 0 Å². The Kier molecular flexibility index (Phi) is 5.15. The van der Waals surface area contributed by atoms with E-state index in [9.17, 15) is 23.2 Å². The maximum atomic E-state index is 12.7. The van der Waals surface area contributed by atoms with Crippen molar-refractivity contribution in [2.75, 3.05) is 26.2 Å². The van der Waals surface area contributed by atoms with Gasteiger partial charge in [-0.15, -0.1) is 0 Å². The van der Waals surface area contributed by atoms with Crippen LogP contribution in [0.1, 0.15) is 27.2 Å². The van der Waals surface area contributed by atoms with E-state index in [-0.39, 0.29) is 17.2 Å². The highest BCUT2D eigenvalue weighted by Crippen LogP contribution is 2.31. The van der Waals surface area contributed by atoms with Crippen molar-refractivity contribution in [2.24, 2.45) is 0 Å². The van der Waals surface area contributed by atoms with Crippen molar-refractivity contribution >= 4 is 5.91 Å². The van der Waals surface area contributed by atoms with Gasteiger partial charge in [0.1, 0.15) is 6.07 Å². The number of carbonyl (C=O) groups excluding carboxylic acids is 1. The highest BCUT2D eigenvalue weighted by Gasteiger charge is 2.30. The summed E-state index contributed by atoms with van der Waals surface area (Å²) < 4.78 is 38.2. The van der Waals surface area contributed by atoms with E-state index in [1.807, 2.05) is 6.07 Å². The molecule has 1 aliphatic rings. The molecule has 0 atom stereocenters. The highest BCUT2D eigenvalue weighted by atomic mass is 19.4. The Hall–Kier alpha value is -2.92. The predicted molar refractivity (Wildman–Crippen MR) is 92.9 cm³/mol. The van der Waals surface area contributed by atoms with E-state index >= 15 is 0 Å². The second kappa shape index (κ2) is 7.37. The van der Waals surface area contributed by atoms with Crippen LogP contribution in [0.3, 0.4) is 0 Å². The maximum Gasteiger partial charge on any atom is 0.416 e. The summed E-state index contributed by atoms with van der Waals surface area (Å²) in [7, 11) is 0. The second-order valence-corrected chi connectivity index (χ2v) is 6.25. The summed E-state index contributed by atoms with van der Waals surface area (Å²) in [5.74, 6) is -0.197. The van der Waals surface area contributed by atoms with Crippen LogP contribution in [0.2, 0.25) is 0 Å². The largest absolute Gasteiger partial charge is 0.416 e. The number of carbonyl (C=O) groups is 1. The number of aromatic nitrogens is 1. The summed E-state index contributed by atoms with van der Waals surface area (Å²) in [4.78, 5) is 18.8. The lowest BCUT2D eigenvalue weighted by Crippen LogP contribution is -2.46. The van der Waals surface area contributed by atoms with Crippen LogP contribution >= 0.6 is 0 Å². The smallest absolute Gasteiger partial charge is 0.336 e. The fourth-order valence-electron chi connectivity index (χ4n) is 2.98. The highest BCUT2D eigenvalue weighted by molar-refractivity contribution is 5.96. The molecule has 1 amide bonds. The summed E-state index contributed by atoms with van der Waals surface area (Å²) in [6, 6.07) is 7.93. The lowest BCUT2D eigenvalue weighted by atomic mass is 10.0. The van der Waals surface area contributed by atoms with E-state index in [1.165, 1.54) is 18.2 Å². The lowest BCUT2D eigenvalue weighted by molar-refractivity contribution is -0.137. The molecule has 1 aromatic heterocycles. The molecule has 1 fully saturated rings. The number of benzene rings is 1. The first-order chi connectivity index (χ1) is 12.8. The summed E-state index contributed by atoms with van der Waals surface area (Å²) in [5.41, 5.74) is 0.812. The average molecular weight is 374 g/mol. The van der Waals surface area contributed by atoms with Crippen LogP contribution in [0.15, 0.2) is 30.3 Å². The van der Waals surface area contributed by atoms with Gasteiger partial charge >= 0.3 is 6.18 Å². The molecule has 1 N–H and O–H groups in total. The average Bonchev–Trinajstić information content (AvgIpc) is 2.67. The van der Waals surface area contributed by atoms with Crippen LogP contribution in [0.25, 0.3) is 11.3 Å². The number of hydrogen-bond donors (Lipinski definition) is 1. The van der Waals surface area contributed by atoms with Gasteiger partial charge < -0.3 is 10.2 Å². The minimum absolute atomic E-state index is 0.152. The Morgan fingerprint density at radius 3 is 2.41 bits per heavy atom. The fourth-order valence-corrected chi connectivity index (χ4v) is 2.98. The maximum absolute atomic E-state index is 12.7. The molecule has 27 heavy (non-hydrogen) atoms. The quantitative estimate of drug-likeness (QED) is 0.878. The Bertz CT molecular complexity index is 895. The first-order valence-corrected chi connectivity index (χ1v) is 8.40. The molecule has 0 spiro atoms. The van der Waals surface area contributed by atoms with E-state index in [0.717, 1.165) is 12.1 Å². The number of nitrogens with one attached hydrogen (secondary N) is 1. The normalized spacial score (nSPS) is 14.7.